The molecular weight excluding hydrogens is 277 g/mol. The molecule has 2 atom stereocenters. The van der Waals surface area contributed by atoms with Gasteiger partial charge in [0.25, 0.3) is 0 Å². The summed E-state index contributed by atoms with van der Waals surface area (Å²) >= 11 is -1.14. The minimum atomic E-state index is -1.14. The van der Waals surface area contributed by atoms with E-state index in [0.717, 1.165) is 5.39 Å². The first kappa shape index (κ1) is 15.4. The zero-order chi connectivity index (χ0) is 15.1. The molecule has 2 aromatic rings. The number of nitrogens with zero attached hydrogens (tertiary/aromatic N) is 1. The van der Waals surface area contributed by atoms with Crippen molar-refractivity contribution in [2.75, 3.05) is 7.05 Å². The number of furan rings is 1. The molecule has 2 rings (SSSR count). The summed E-state index contributed by atoms with van der Waals surface area (Å²) in [6.45, 7) is 7.72. The second kappa shape index (κ2) is 5.39. The Balaban J connectivity index is 2.29. The standard InChI is InChI=1S/C15H20FNO2S/c1-10(17(5)20(18)15(2,3)4)13-8-11-6-7-12(16)9-14(11)19-13/h6-10H,1-5H3/t10?,20-/m0/s1. The van der Waals surface area contributed by atoms with Crippen molar-refractivity contribution in [1.82, 2.24) is 4.31 Å². The first-order valence-electron chi connectivity index (χ1n) is 6.54. The fourth-order valence-corrected chi connectivity index (χ4v) is 3.24. The Morgan fingerprint density at radius 2 is 1.95 bits per heavy atom. The van der Waals surface area contributed by atoms with E-state index in [0.29, 0.717) is 11.3 Å². The number of halogens is 1. The molecule has 3 nitrogen and oxygen atoms in total. The van der Waals surface area contributed by atoms with E-state index in [2.05, 4.69) is 0 Å². The van der Waals surface area contributed by atoms with Crippen molar-refractivity contribution >= 4 is 22.3 Å². The third-order valence-electron chi connectivity index (χ3n) is 3.24. The Morgan fingerprint density at radius 3 is 2.55 bits per heavy atom. The largest absolute Gasteiger partial charge is 0.597 e. The fraction of sp³-hybridized carbons (Fsp3) is 0.467. The van der Waals surface area contributed by atoms with Crippen LogP contribution in [0.15, 0.2) is 28.7 Å². The van der Waals surface area contributed by atoms with Gasteiger partial charge in [-0.1, -0.05) is 0 Å². The molecule has 1 aromatic heterocycles. The van der Waals surface area contributed by atoms with Crippen LogP contribution in [0.5, 0.6) is 0 Å². The Labute approximate surface area is 122 Å². The van der Waals surface area contributed by atoms with Gasteiger partial charge in [0.1, 0.15) is 27.9 Å². The van der Waals surface area contributed by atoms with E-state index in [1.165, 1.54) is 12.1 Å². The predicted molar refractivity (Wildman–Crippen MR) is 80.2 cm³/mol. The molecule has 20 heavy (non-hydrogen) atoms. The molecule has 0 bridgehead atoms. The highest BCUT2D eigenvalue weighted by Crippen LogP contribution is 2.31. The molecule has 0 aliphatic rings. The van der Waals surface area contributed by atoms with Gasteiger partial charge in [-0.25, -0.2) is 4.39 Å². The SMILES string of the molecule is CC(c1cc2ccc(F)cc2o1)N(C)[S@@+]([O-])C(C)(C)C. The molecule has 1 unspecified atom stereocenters. The van der Waals surface area contributed by atoms with Crippen LogP contribution in [-0.2, 0) is 11.4 Å². The van der Waals surface area contributed by atoms with Crippen LogP contribution in [0.2, 0.25) is 0 Å². The molecule has 0 fully saturated rings. The monoisotopic (exact) mass is 297 g/mol. The second-order valence-corrected chi connectivity index (χ2v) is 8.21. The molecule has 0 saturated carbocycles. The van der Waals surface area contributed by atoms with E-state index in [1.54, 1.807) is 17.4 Å². The lowest BCUT2D eigenvalue weighted by Gasteiger charge is -2.32. The predicted octanol–water partition coefficient (Wildman–Crippen LogP) is 4.03. The number of fused-ring (bicyclic) bond motifs is 1. The maximum atomic E-state index is 13.2. The van der Waals surface area contributed by atoms with Crippen molar-refractivity contribution in [3.63, 3.8) is 0 Å². The number of benzene rings is 1. The molecule has 1 aromatic carbocycles. The van der Waals surface area contributed by atoms with Crippen LogP contribution in [-0.4, -0.2) is 20.7 Å². The number of rotatable bonds is 3. The molecule has 0 N–H and O–H groups in total. The van der Waals surface area contributed by atoms with Crippen LogP contribution in [0.4, 0.5) is 4.39 Å². The summed E-state index contributed by atoms with van der Waals surface area (Å²) in [4.78, 5) is 0. The second-order valence-electron chi connectivity index (χ2n) is 5.91. The summed E-state index contributed by atoms with van der Waals surface area (Å²) < 4.78 is 32.7. The van der Waals surface area contributed by atoms with Gasteiger partial charge < -0.3 is 8.97 Å². The summed E-state index contributed by atoms with van der Waals surface area (Å²) in [6, 6.07) is 6.18. The third-order valence-corrected chi connectivity index (χ3v) is 5.13. The van der Waals surface area contributed by atoms with E-state index >= 15 is 0 Å². The van der Waals surface area contributed by atoms with Crippen LogP contribution in [0.25, 0.3) is 11.0 Å². The lowest BCUT2D eigenvalue weighted by molar-refractivity contribution is 0.338. The summed E-state index contributed by atoms with van der Waals surface area (Å²) in [6.07, 6.45) is 0. The average Bonchev–Trinajstić information content (AvgIpc) is 2.77. The van der Waals surface area contributed by atoms with Crippen LogP contribution in [0.1, 0.15) is 39.5 Å². The van der Waals surface area contributed by atoms with E-state index in [-0.39, 0.29) is 16.6 Å². The topological polar surface area (TPSA) is 39.4 Å². The lowest BCUT2D eigenvalue weighted by Crippen LogP contribution is -2.41. The van der Waals surface area contributed by atoms with E-state index in [4.69, 9.17) is 4.42 Å². The van der Waals surface area contributed by atoms with Gasteiger partial charge in [0.05, 0.1) is 0 Å². The minimum absolute atomic E-state index is 0.148. The van der Waals surface area contributed by atoms with Crippen LogP contribution in [0.3, 0.4) is 0 Å². The van der Waals surface area contributed by atoms with E-state index in [1.807, 2.05) is 33.8 Å². The first-order chi connectivity index (χ1) is 9.20. The van der Waals surface area contributed by atoms with Gasteiger partial charge in [0.15, 0.2) is 0 Å². The maximum Gasteiger partial charge on any atom is 0.137 e. The normalized spacial score (nSPS) is 15.8. The van der Waals surface area contributed by atoms with E-state index in [9.17, 15) is 8.94 Å². The summed E-state index contributed by atoms with van der Waals surface area (Å²) in [5.41, 5.74) is 0.516. The Kier molecular flexibility index (Phi) is 4.14. The van der Waals surface area contributed by atoms with Gasteiger partial charge in [0.2, 0.25) is 0 Å². The Bertz CT molecular complexity index is 605. The molecule has 110 valence electrons. The van der Waals surface area contributed by atoms with Crippen molar-refractivity contribution < 1.29 is 13.4 Å². The number of hydrogen-bond acceptors (Lipinski definition) is 3. The van der Waals surface area contributed by atoms with Crippen molar-refractivity contribution in [1.29, 1.82) is 0 Å². The summed E-state index contributed by atoms with van der Waals surface area (Å²) in [7, 11) is 1.81. The highest BCUT2D eigenvalue weighted by molar-refractivity contribution is 7.90. The highest BCUT2D eigenvalue weighted by Gasteiger charge is 2.35. The van der Waals surface area contributed by atoms with Crippen LogP contribution >= 0.6 is 0 Å². The van der Waals surface area contributed by atoms with Gasteiger partial charge >= 0.3 is 0 Å². The van der Waals surface area contributed by atoms with Gasteiger partial charge in [-0.3, -0.25) is 0 Å². The van der Waals surface area contributed by atoms with E-state index < -0.39 is 11.4 Å². The van der Waals surface area contributed by atoms with Gasteiger partial charge in [-0.2, -0.15) is 0 Å². The first-order valence-corrected chi connectivity index (χ1v) is 7.64. The number of hydrogen-bond donors (Lipinski definition) is 0. The Morgan fingerprint density at radius 1 is 1.30 bits per heavy atom. The van der Waals surface area contributed by atoms with Gasteiger partial charge in [0, 0.05) is 29.9 Å². The highest BCUT2D eigenvalue weighted by atomic mass is 32.2. The molecule has 5 heteroatoms. The zero-order valence-electron chi connectivity index (χ0n) is 12.4. The smallest absolute Gasteiger partial charge is 0.137 e. The molecule has 0 spiro atoms. The van der Waals surface area contributed by atoms with Crippen molar-refractivity contribution in [3.05, 3.63) is 35.8 Å². The minimum Gasteiger partial charge on any atom is -0.597 e. The van der Waals surface area contributed by atoms with Gasteiger partial charge in [-0.05, 0) is 45.9 Å². The third kappa shape index (κ3) is 3.00. The van der Waals surface area contributed by atoms with Crippen LogP contribution in [0, 0.1) is 5.82 Å². The molecule has 0 saturated heterocycles. The molecule has 0 amide bonds. The Hall–Kier alpha value is -1.04. The quantitative estimate of drug-likeness (QED) is 0.803. The molecule has 0 aliphatic heterocycles. The molecule has 0 aliphatic carbocycles. The fourth-order valence-electron chi connectivity index (χ4n) is 1.99. The van der Waals surface area contributed by atoms with Gasteiger partial charge in [-0.15, -0.1) is 4.31 Å². The molecular formula is C15H20FNO2S. The zero-order valence-corrected chi connectivity index (χ0v) is 13.3. The average molecular weight is 297 g/mol. The maximum absolute atomic E-state index is 13.2. The molecule has 1 heterocycles. The summed E-state index contributed by atoms with van der Waals surface area (Å²) in [5, 5.41) is 0.850. The van der Waals surface area contributed by atoms with Crippen LogP contribution < -0.4 is 0 Å². The lowest BCUT2D eigenvalue weighted by atomic mass is 10.2. The summed E-state index contributed by atoms with van der Waals surface area (Å²) in [5.74, 6) is 0.364. The van der Waals surface area contributed by atoms with Crippen molar-refractivity contribution in [3.8, 4) is 0 Å². The molecule has 0 radical (unpaired) electrons. The van der Waals surface area contributed by atoms with Crippen molar-refractivity contribution in [2.24, 2.45) is 0 Å². The van der Waals surface area contributed by atoms with Crippen molar-refractivity contribution in [2.45, 2.75) is 38.5 Å².